The number of ether oxygens (including phenoxy) is 3. The van der Waals surface area contributed by atoms with Gasteiger partial charge in [0.2, 0.25) is 0 Å². The Hall–Kier alpha value is -3.48. The summed E-state index contributed by atoms with van der Waals surface area (Å²) in [4.78, 5) is 29.4. The normalized spacial score (nSPS) is 27.4. The minimum absolute atomic E-state index is 0.00550. The van der Waals surface area contributed by atoms with Crippen molar-refractivity contribution in [3.8, 4) is 17.2 Å². The van der Waals surface area contributed by atoms with Crippen molar-refractivity contribution in [3.63, 3.8) is 0 Å². The molecular formula is C29H33NO6. The van der Waals surface area contributed by atoms with Crippen LogP contribution in [0.3, 0.4) is 0 Å². The first-order valence-corrected chi connectivity index (χ1v) is 12.6. The van der Waals surface area contributed by atoms with Gasteiger partial charge in [0.15, 0.2) is 23.0 Å². The van der Waals surface area contributed by atoms with E-state index in [0.717, 1.165) is 24.2 Å². The second kappa shape index (κ2) is 9.52. The van der Waals surface area contributed by atoms with E-state index < -0.39 is 6.04 Å². The molecule has 5 rings (SSSR count). The summed E-state index contributed by atoms with van der Waals surface area (Å²) in [7, 11) is 3.11. The Labute approximate surface area is 211 Å². The summed E-state index contributed by atoms with van der Waals surface area (Å²) in [6.07, 6.45) is 1.87. The second-order valence-corrected chi connectivity index (χ2v) is 10.2. The maximum absolute atomic E-state index is 13.9. The lowest BCUT2D eigenvalue weighted by molar-refractivity contribution is -0.137. The molecule has 0 radical (unpaired) electrons. The van der Waals surface area contributed by atoms with Gasteiger partial charge in [0, 0.05) is 6.54 Å². The zero-order valence-corrected chi connectivity index (χ0v) is 21.2. The molecule has 2 aromatic carbocycles. The number of carbonyl (C=O) groups is 2. The van der Waals surface area contributed by atoms with E-state index in [0.29, 0.717) is 41.7 Å². The van der Waals surface area contributed by atoms with Crippen LogP contribution >= 0.6 is 0 Å². The largest absolute Gasteiger partial charge is 0.504 e. The van der Waals surface area contributed by atoms with Gasteiger partial charge in [-0.15, -0.1) is 0 Å². The molecule has 3 aliphatic rings. The number of phenols is 1. The maximum atomic E-state index is 13.9. The first kappa shape index (κ1) is 24.2. The zero-order chi connectivity index (χ0) is 25.6. The Balaban J connectivity index is 1.51. The summed E-state index contributed by atoms with van der Waals surface area (Å²) in [5.41, 5.74) is 2.20. The summed E-state index contributed by atoms with van der Waals surface area (Å²) in [5, 5.41) is 10.2. The van der Waals surface area contributed by atoms with Gasteiger partial charge in [-0.05, 0) is 66.5 Å². The summed E-state index contributed by atoms with van der Waals surface area (Å²) < 4.78 is 16.9. The number of phenolic OH excluding ortho intramolecular Hbond substituents is 1. The van der Waals surface area contributed by atoms with Crippen LogP contribution in [0.5, 0.6) is 17.2 Å². The van der Waals surface area contributed by atoms with Crippen LogP contribution in [0.4, 0.5) is 0 Å². The molecule has 7 nitrogen and oxygen atoms in total. The van der Waals surface area contributed by atoms with Gasteiger partial charge in [0.25, 0.3) is 5.91 Å². The summed E-state index contributed by atoms with van der Waals surface area (Å²) >= 11 is 0. The number of hydrogen-bond acceptors (Lipinski definition) is 6. The minimum atomic E-state index is -0.594. The predicted molar refractivity (Wildman–Crippen MR) is 134 cm³/mol. The minimum Gasteiger partial charge on any atom is -0.504 e. The number of aromatic hydroxyl groups is 1. The average molecular weight is 492 g/mol. The van der Waals surface area contributed by atoms with Gasteiger partial charge in [-0.2, -0.15) is 0 Å². The van der Waals surface area contributed by atoms with E-state index in [-0.39, 0.29) is 35.2 Å². The van der Waals surface area contributed by atoms with Crippen LogP contribution in [0, 0.1) is 17.8 Å². The van der Waals surface area contributed by atoms with Crippen LogP contribution < -0.4 is 9.47 Å². The molecule has 0 bridgehead atoms. The first-order valence-electron chi connectivity index (χ1n) is 12.6. The highest BCUT2D eigenvalue weighted by atomic mass is 16.5. The Kier molecular flexibility index (Phi) is 6.41. The number of methoxy groups -OCH3 is 2. The first-order chi connectivity index (χ1) is 17.3. The molecule has 5 unspecified atom stereocenters. The molecule has 5 atom stereocenters. The fourth-order valence-corrected chi connectivity index (χ4v) is 5.79. The molecule has 7 heteroatoms. The predicted octanol–water partition coefficient (Wildman–Crippen LogP) is 4.44. The SMILES string of the molecule is COc1ccc(CCN2C(=O)C3=C(C(=O)C4CC(C)C(C)CC4O3)C2c2ccc(O)c(OC)c2)cc1. The molecule has 2 heterocycles. The second-order valence-electron chi connectivity index (χ2n) is 10.2. The molecule has 0 spiro atoms. The van der Waals surface area contributed by atoms with Gasteiger partial charge in [0.1, 0.15) is 11.9 Å². The van der Waals surface area contributed by atoms with Crippen molar-refractivity contribution in [1.82, 2.24) is 4.90 Å². The molecule has 190 valence electrons. The molecule has 0 saturated heterocycles. The summed E-state index contributed by atoms with van der Waals surface area (Å²) in [6.45, 7) is 4.77. The number of rotatable bonds is 6. The standard InChI is InChI=1S/C29H33NO6/c1-16-13-21-23(14-17(16)2)36-28-25(27(21)32)26(19-7-10-22(31)24(15-19)35-4)30(29(28)33)12-11-18-5-8-20(34-3)9-6-18/h5-10,15-17,21,23,26,31H,11-14H2,1-4H3. The number of amides is 1. The number of fused-ring (bicyclic) bond motifs is 1. The van der Waals surface area contributed by atoms with E-state index in [2.05, 4.69) is 13.8 Å². The van der Waals surface area contributed by atoms with Gasteiger partial charge < -0.3 is 24.2 Å². The number of benzene rings is 2. The third-order valence-electron chi connectivity index (χ3n) is 8.13. The van der Waals surface area contributed by atoms with Crippen LogP contribution in [-0.4, -0.2) is 48.6 Å². The van der Waals surface area contributed by atoms with Crippen molar-refractivity contribution in [2.24, 2.45) is 17.8 Å². The van der Waals surface area contributed by atoms with Crippen molar-refractivity contribution in [1.29, 1.82) is 0 Å². The topological polar surface area (TPSA) is 85.3 Å². The third-order valence-corrected chi connectivity index (χ3v) is 8.13. The quantitative estimate of drug-likeness (QED) is 0.643. The Bertz CT molecular complexity index is 1200. The smallest absolute Gasteiger partial charge is 0.290 e. The lowest BCUT2D eigenvalue weighted by atomic mass is 9.70. The van der Waals surface area contributed by atoms with Crippen molar-refractivity contribution in [3.05, 3.63) is 64.9 Å². The molecule has 1 aliphatic carbocycles. The van der Waals surface area contributed by atoms with Crippen LogP contribution in [0.15, 0.2) is 53.8 Å². The van der Waals surface area contributed by atoms with Crippen molar-refractivity contribution in [2.75, 3.05) is 20.8 Å². The number of Topliss-reactive ketones (excluding diaryl/α,β-unsaturated/α-hetero) is 1. The van der Waals surface area contributed by atoms with Crippen LogP contribution in [0.2, 0.25) is 0 Å². The fourth-order valence-electron chi connectivity index (χ4n) is 5.79. The monoisotopic (exact) mass is 491 g/mol. The number of ketones is 1. The van der Waals surface area contributed by atoms with E-state index in [1.54, 1.807) is 30.2 Å². The lowest BCUT2D eigenvalue weighted by Gasteiger charge is -2.40. The van der Waals surface area contributed by atoms with Crippen molar-refractivity contribution < 1.29 is 28.9 Å². The van der Waals surface area contributed by atoms with E-state index in [1.165, 1.54) is 7.11 Å². The highest BCUT2D eigenvalue weighted by Gasteiger charge is 2.53. The van der Waals surface area contributed by atoms with Gasteiger partial charge >= 0.3 is 0 Å². The molecule has 36 heavy (non-hydrogen) atoms. The Morgan fingerprint density at radius 3 is 2.42 bits per heavy atom. The molecule has 1 fully saturated rings. The fraction of sp³-hybridized carbons (Fsp3) is 0.448. The van der Waals surface area contributed by atoms with Crippen LogP contribution in [0.1, 0.15) is 43.9 Å². The Morgan fingerprint density at radius 1 is 1.00 bits per heavy atom. The zero-order valence-electron chi connectivity index (χ0n) is 21.2. The maximum Gasteiger partial charge on any atom is 0.290 e. The van der Waals surface area contributed by atoms with E-state index in [9.17, 15) is 14.7 Å². The summed E-state index contributed by atoms with van der Waals surface area (Å²) in [6, 6.07) is 12.1. The van der Waals surface area contributed by atoms with Gasteiger partial charge in [-0.25, -0.2) is 0 Å². The van der Waals surface area contributed by atoms with Crippen molar-refractivity contribution >= 4 is 11.7 Å². The molecule has 0 aromatic heterocycles. The molecule has 2 aliphatic heterocycles. The summed E-state index contributed by atoms with van der Waals surface area (Å²) in [5.74, 6) is 1.62. The molecule has 2 aromatic rings. The lowest BCUT2D eigenvalue weighted by Crippen LogP contribution is -2.43. The van der Waals surface area contributed by atoms with E-state index >= 15 is 0 Å². The average Bonchev–Trinajstić information content (AvgIpc) is 3.16. The molecule has 1 amide bonds. The van der Waals surface area contributed by atoms with Gasteiger partial charge in [0.05, 0.1) is 31.8 Å². The van der Waals surface area contributed by atoms with Crippen LogP contribution in [-0.2, 0) is 20.7 Å². The van der Waals surface area contributed by atoms with Gasteiger partial charge in [-0.1, -0.05) is 32.0 Å². The number of hydrogen-bond donors (Lipinski definition) is 1. The van der Waals surface area contributed by atoms with E-state index in [1.807, 2.05) is 24.3 Å². The third kappa shape index (κ3) is 4.10. The van der Waals surface area contributed by atoms with Gasteiger partial charge in [-0.3, -0.25) is 9.59 Å². The van der Waals surface area contributed by atoms with E-state index in [4.69, 9.17) is 14.2 Å². The highest BCUT2D eigenvalue weighted by Crippen LogP contribution is 2.49. The number of carbonyl (C=O) groups excluding carboxylic acids is 2. The highest BCUT2D eigenvalue weighted by molar-refractivity contribution is 6.11. The number of nitrogens with zero attached hydrogens (tertiary/aromatic N) is 1. The van der Waals surface area contributed by atoms with Crippen LogP contribution in [0.25, 0.3) is 0 Å². The van der Waals surface area contributed by atoms with Crippen molar-refractivity contribution in [2.45, 2.75) is 45.3 Å². The molecule has 1 saturated carbocycles. The molecular weight excluding hydrogens is 458 g/mol. The Morgan fingerprint density at radius 2 is 1.72 bits per heavy atom. The molecule has 1 N–H and O–H groups in total.